The number of carbonyl (C=O) groups excluding carboxylic acids is 1. The predicted octanol–water partition coefficient (Wildman–Crippen LogP) is 3.55. The van der Waals surface area contributed by atoms with E-state index < -0.39 is 0 Å². The van der Waals surface area contributed by atoms with Crippen LogP contribution in [0.3, 0.4) is 0 Å². The first-order valence-corrected chi connectivity index (χ1v) is 6.45. The van der Waals surface area contributed by atoms with Crippen molar-refractivity contribution in [1.29, 1.82) is 0 Å². The summed E-state index contributed by atoms with van der Waals surface area (Å²) in [6.07, 6.45) is 10.8. The van der Waals surface area contributed by atoms with Gasteiger partial charge in [-0.1, -0.05) is 17.7 Å². The Morgan fingerprint density at radius 1 is 1.41 bits per heavy atom. The number of carbonyl (C=O) groups is 1. The van der Waals surface area contributed by atoms with Gasteiger partial charge in [0.2, 0.25) is 0 Å². The summed E-state index contributed by atoms with van der Waals surface area (Å²) in [5, 5.41) is 0. The van der Waals surface area contributed by atoms with Crippen molar-refractivity contribution in [3.8, 4) is 0 Å². The summed E-state index contributed by atoms with van der Waals surface area (Å²) in [4.78, 5) is 11.4. The van der Waals surface area contributed by atoms with Gasteiger partial charge in [-0.2, -0.15) is 0 Å². The minimum atomic E-state index is -0.214. The molecule has 0 aromatic rings. The zero-order valence-electron chi connectivity index (χ0n) is 10.7. The van der Waals surface area contributed by atoms with Gasteiger partial charge < -0.3 is 4.74 Å². The van der Waals surface area contributed by atoms with Crippen LogP contribution in [0.5, 0.6) is 0 Å². The van der Waals surface area contributed by atoms with E-state index in [0.717, 1.165) is 12.0 Å². The smallest absolute Gasteiger partial charge is 0.331 e. The summed E-state index contributed by atoms with van der Waals surface area (Å²) in [7, 11) is 0. The first-order valence-electron chi connectivity index (χ1n) is 6.45. The van der Waals surface area contributed by atoms with Crippen LogP contribution < -0.4 is 0 Å². The summed E-state index contributed by atoms with van der Waals surface area (Å²) in [5.74, 6) is 0.493. The topological polar surface area (TPSA) is 26.3 Å². The van der Waals surface area contributed by atoms with Gasteiger partial charge in [-0.05, 0) is 56.6 Å². The molecular formula is C15H20O2. The van der Waals surface area contributed by atoms with E-state index in [-0.39, 0.29) is 5.97 Å². The third-order valence-electron chi connectivity index (χ3n) is 3.49. The molecule has 2 aliphatic rings. The molecule has 1 atom stereocenters. The highest BCUT2D eigenvalue weighted by Crippen LogP contribution is 2.36. The number of rotatable bonds is 2. The minimum absolute atomic E-state index is 0.214. The van der Waals surface area contributed by atoms with E-state index in [1.165, 1.54) is 30.4 Å². The van der Waals surface area contributed by atoms with Gasteiger partial charge in [0.1, 0.15) is 0 Å². The Morgan fingerprint density at radius 2 is 2.18 bits per heavy atom. The maximum atomic E-state index is 11.4. The molecule has 92 valence electrons. The van der Waals surface area contributed by atoms with Crippen molar-refractivity contribution in [2.45, 2.75) is 39.5 Å². The van der Waals surface area contributed by atoms with Crippen LogP contribution in [0.2, 0.25) is 0 Å². The molecule has 0 aliphatic heterocycles. The summed E-state index contributed by atoms with van der Waals surface area (Å²) in [6.45, 7) is 4.46. The first-order chi connectivity index (χ1) is 8.19. The van der Waals surface area contributed by atoms with Gasteiger partial charge in [0, 0.05) is 6.08 Å². The lowest BCUT2D eigenvalue weighted by atomic mass is 9.78. The van der Waals surface area contributed by atoms with Crippen molar-refractivity contribution in [2.75, 3.05) is 6.61 Å². The molecule has 0 aromatic carbocycles. The zero-order valence-corrected chi connectivity index (χ0v) is 10.7. The van der Waals surface area contributed by atoms with E-state index in [1.807, 2.05) is 6.92 Å². The van der Waals surface area contributed by atoms with Crippen LogP contribution in [0.4, 0.5) is 0 Å². The van der Waals surface area contributed by atoms with Crippen molar-refractivity contribution in [3.63, 3.8) is 0 Å². The highest BCUT2D eigenvalue weighted by atomic mass is 16.5. The third-order valence-corrected chi connectivity index (χ3v) is 3.49. The van der Waals surface area contributed by atoms with Crippen molar-refractivity contribution >= 4 is 5.97 Å². The van der Waals surface area contributed by atoms with Gasteiger partial charge in [-0.15, -0.1) is 0 Å². The average Bonchev–Trinajstić information content (AvgIpc) is 2.28. The van der Waals surface area contributed by atoms with Gasteiger partial charge in [-0.25, -0.2) is 4.79 Å². The van der Waals surface area contributed by atoms with Crippen molar-refractivity contribution in [2.24, 2.45) is 5.92 Å². The largest absolute Gasteiger partial charge is 0.463 e. The molecule has 2 nitrogen and oxygen atoms in total. The van der Waals surface area contributed by atoms with Gasteiger partial charge in [0.15, 0.2) is 0 Å². The maximum absolute atomic E-state index is 11.4. The molecule has 0 amide bonds. The Kier molecular flexibility index (Phi) is 3.82. The van der Waals surface area contributed by atoms with Gasteiger partial charge >= 0.3 is 5.97 Å². The first kappa shape index (κ1) is 12.2. The monoisotopic (exact) mass is 232 g/mol. The van der Waals surface area contributed by atoms with Gasteiger partial charge in [0.05, 0.1) is 6.61 Å². The molecular weight excluding hydrogens is 212 g/mol. The normalized spacial score (nSPS) is 26.0. The molecule has 17 heavy (non-hydrogen) atoms. The molecule has 0 saturated heterocycles. The molecule has 0 fully saturated rings. The third kappa shape index (κ3) is 3.09. The molecule has 0 radical (unpaired) electrons. The summed E-state index contributed by atoms with van der Waals surface area (Å²) in [5.41, 5.74) is 3.96. The second-order valence-corrected chi connectivity index (χ2v) is 4.88. The molecule has 2 aliphatic carbocycles. The number of esters is 1. The predicted molar refractivity (Wildman–Crippen MR) is 68.5 cm³/mol. The summed E-state index contributed by atoms with van der Waals surface area (Å²) < 4.78 is 4.94. The van der Waals surface area contributed by atoms with Gasteiger partial charge in [-0.3, -0.25) is 0 Å². The van der Waals surface area contributed by atoms with Crippen molar-refractivity contribution in [1.82, 2.24) is 0 Å². The lowest BCUT2D eigenvalue weighted by Crippen LogP contribution is -2.13. The van der Waals surface area contributed by atoms with E-state index in [9.17, 15) is 4.79 Å². The van der Waals surface area contributed by atoms with Crippen LogP contribution in [0.25, 0.3) is 0 Å². The minimum Gasteiger partial charge on any atom is -0.463 e. The molecule has 0 bridgehead atoms. The fourth-order valence-electron chi connectivity index (χ4n) is 2.59. The summed E-state index contributed by atoms with van der Waals surface area (Å²) >= 11 is 0. The number of fused-ring (bicyclic) bond motifs is 1. The SMILES string of the molecule is CCOC(=O)C=C1C=C2C=C(C)CCC2CC1. The molecule has 0 aromatic heterocycles. The molecule has 0 N–H and O–H groups in total. The number of ether oxygens (including phenoxy) is 1. The molecule has 1 unspecified atom stereocenters. The number of hydrogen-bond acceptors (Lipinski definition) is 2. The number of allylic oxidation sites excluding steroid dienone is 5. The molecule has 0 heterocycles. The Balaban J connectivity index is 2.15. The molecule has 0 saturated carbocycles. The molecule has 0 spiro atoms. The Labute approximate surface area is 103 Å². The Bertz CT molecular complexity index is 399. The Morgan fingerprint density at radius 3 is 2.94 bits per heavy atom. The van der Waals surface area contributed by atoms with Crippen LogP contribution in [-0.2, 0) is 9.53 Å². The number of hydrogen-bond donors (Lipinski definition) is 0. The molecule has 2 heteroatoms. The second kappa shape index (κ2) is 5.35. The highest BCUT2D eigenvalue weighted by Gasteiger charge is 2.21. The van der Waals surface area contributed by atoms with Gasteiger partial charge in [0.25, 0.3) is 0 Å². The highest BCUT2D eigenvalue weighted by molar-refractivity contribution is 5.83. The van der Waals surface area contributed by atoms with Crippen LogP contribution in [0.15, 0.2) is 34.9 Å². The van der Waals surface area contributed by atoms with E-state index in [0.29, 0.717) is 12.5 Å². The van der Waals surface area contributed by atoms with Crippen LogP contribution in [0, 0.1) is 5.92 Å². The van der Waals surface area contributed by atoms with E-state index >= 15 is 0 Å². The van der Waals surface area contributed by atoms with Crippen molar-refractivity contribution < 1.29 is 9.53 Å². The molecule has 2 rings (SSSR count). The zero-order chi connectivity index (χ0) is 12.3. The maximum Gasteiger partial charge on any atom is 0.331 e. The van der Waals surface area contributed by atoms with Crippen LogP contribution >= 0.6 is 0 Å². The Hall–Kier alpha value is -1.31. The summed E-state index contributed by atoms with van der Waals surface area (Å²) in [6, 6.07) is 0. The van der Waals surface area contributed by atoms with Crippen LogP contribution in [0.1, 0.15) is 39.5 Å². The second-order valence-electron chi connectivity index (χ2n) is 4.88. The van der Waals surface area contributed by atoms with E-state index in [1.54, 1.807) is 6.08 Å². The van der Waals surface area contributed by atoms with Crippen molar-refractivity contribution in [3.05, 3.63) is 34.9 Å². The van der Waals surface area contributed by atoms with E-state index in [4.69, 9.17) is 4.74 Å². The lowest BCUT2D eigenvalue weighted by molar-refractivity contribution is -0.137. The van der Waals surface area contributed by atoms with E-state index in [2.05, 4.69) is 19.1 Å². The standard InChI is InChI=1S/C15H20O2/c1-3-17-15(16)10-12-5-7-13-6-4-11(2)8-14(13)9-12/h8-10,13H,3-7H2,1-2H3. The fraction of sp³-hybridized carbons (Fsp3) is 0.533. The lowest BCUT2D eigenvalue weighted by Gasteiger charge is -2.28. The van der Waals surface area contributed by atoms with Crippen LogP contribution in [-0.4, -0.2) is 12.6 Å². The fourth-order valence-corrected chi connectivity index (χ4v) is 2.59. The average molecular weight is 232 g/mol. The quantitative estimate of drug-likeness (QED) is 0.537.